The van der Waals surface area contributed by atoms with Gasteiger partial charge in [-0.2, -0.15) is 0 Å². The Morgan fingerprint density at radius 2 is 2.27 bits per heavy atom. The lowest BCUT2D eigenvalue weighted by Crippen LogP contribution is -2.54. The summed E-state index contributed by atoms with van der Waals surface area (Å²) in [4.78, 5) is 2.50. The van der Waals surface area contributed by atoms with Gasteiger partial charge in [0.2, 0.25) is 0 Å². The lowest BCUT2D eigenvalue weighted by molar-refractivity contribution is 0.0498. The Labute approximate surface area is 132 Å². The van der Waals surface area contributed by atoms with Crippen LogP contribution in [0.15, 0.2) is 30.5 Å². The Morgan fingerprint density at radius 3 is 3.05 bits per heavy atom. The summed E-state index contributed by atoms with van der Waals surface area (Å²) >= 11 is 0. The molecule has 2 heterocycles. The molecular formula is C19H25NO2. The number of fused-ring (bicyclic) bond motifs is 4. The van der Waals surface area contributed by atoms with Gasteiger partial charge < -0.3 is 14.7 Å². The number of rotatable bonds is 2. The molecule has 2 aliphatic heterocycles. The van der Waals surface area contributed by atoms with Crippen molar-refractivity contribution in [2.45, 2.75) is 50.7 Å². The molecule has 2 bridgehead atoms. The zero-order valence-electron chi connectivity index (χ0n) is 13.5. The van der Waals surface area contributed by atoms with Crippen molar-refractivity contribution in [2.24, 2.45) is 5.92 Å². The third kappa shape index (κ3) is 2.06. The Hall–Kier alpha value is -1.48. The smallest absolute Gasteiger partial charge is 0.115 e. The first-order chi connectivity index (χ1) is 10.6. The molecule has 1 fully saturated rings. The van der Waals surface area contributed by atoms with E-state index in [4.69, 9.17) is 4.74 Å². The fraction of sp³-hybridized carbons (Fsp3) is 0.579. The first-order valence-electron chi connectivity index (χ1n) is 8.47. The highest BCUT2D eigenvalue weighted by atomic mass is 16.5. The van der Waals surface area contributed by atoms with Crippen molar-refractivity contribution in [1.29, 1.82) is 0 Å². The van der Waals surface area contributed by atoms with Crippen LogP contribution in [0.3, 0.4) is 0 Å². The second-order valence-electron chi connectivity index (χ2n) is 7.33. The predicted molar refractivity (Wildman–Crippen MR) is 86.9 cm³/mol. The van der Waals surface area contributed by atoms with Gasteiger partial charge >= 0.3 is 0 Å². The van der Waals surface area contributed by atoms with Gasteiger partial charge in [-0.3, -0.25) is 0 Å². The van der Waals surface area contributed by atoms with Crippen molar-refractivity contribution in [3.05, 3.63) is 41.6 Å². The molecule has 0 amide bonds. The average molecular weight is 299 g/mol. The molecule has 22 heavy (non-hydrogen) atoms. The van der Waals surface area contributed by atoms with Crippen LogP contribution in [0.4, 0.5) is 0 Å². The zero-order valence-corrected chi connectivity index (χ0v) is 13.5. The highest BCUT2D eigenvalue weighted by Gasteiger charge is 2.46. The van der Waals surface area contributed by atoms with Gasteiger partial charge in [0.05, 0.1) is 6.10 Å². The third-order valence-corrected chi connectivity index (χ3v) is 6.10. The second-order valence-corrected chi connectivity index (χ2v) is 7.33. The molecule has 3 aliphatic rings. The fourth-order valence-corrected chi connectivity index (χ4v) is 4.52. The lowest BCUT2D eigenvalue weighted by Gasteiger charge is -2.52. The van der Waals surface area contributed by atoms with Crippen molar-refractivity contribution in [3.8, 4) is 5.75 Å². The highest BCUT2D eigenvalue weighted by Crippen LogP contribution is 2.47. The van der Waals surface area contributed by atoms with Crippen LogP contribution in [-0.4, -0.2) is 35.3 Å². The van der Waals surface area contributed by atoms with E-state index in [1.807, 2.05) is 12.1 Å². The number of nitrogens with zero attached hydrogens (tertiary/aromatic N) is 1. The summed E-state index contributed by atoms with van der Waals surface area (Å²) in [6, 6.07) is 6.41. The van der Waals surface area contributed by atoms with Crippen molar-refractivity contribution >= 4 is 0 Å². The summed E-state index contributed by atoms with van der Waals surface area (Å²) in [6.07, 6.45) is 8.45. The van der Waals surface area contributed by atoms with E-state index in [1.165, 1.54) is 24.0 Å². The van der Waals surface area contributed by atoms with Crippen molar-refractivity contribution in [2.75, 3.05) is 13.2 Å². The number of aromatic hydroxyl groups is 1. The molecule has 1 saturated heterocycles. The number of allylic oxidation sites excluding steroid dienone is 1. The number of phenols is 1. The molecule has 0 spiro atoms. The maximum atomic E-state index is 9.88. The Kier molecular flexibility index (Phi) is 3.23. The first kappa shape index (κ1) is 14.1. The zero-order chi connectivity index (χ0) is 15.3. The SMILES string of the molecule is C[C@H]1[C@H]2Cc3ccc(O)cc3[C@]1(C)C=CN2C[C@@H]1CCCO1. The van der Waals surface area contributed by atoms with Crippen LogP contribution in [-0.2, 0) is 16.6 Å². The summed E-state index contributed by atoms with van der Waals surface area (Å²) < 4.78 is 5.83. The van der Waals surface area contributed by atoms with E-state index in [9.17, 15) is 5.11 Å². The summed E-state index contributed by atoms with van der Waals surface area (Å²) in [5, 5.41) is 9.88. The monoisotopic (exact) mass is 299 g/mol. The van der Waals surface area contributed by atoms with E-state index >= 15 is 0 Å². The summed E-state index contributed by atoms with van der Waals surface area (Å²) in [5.41, 5.74) is 2.69. The first-order valence-corrected chi connectivity index (χ1v) is 8.47. The van der Waals surface area contributed by atoms with Gasteiger partial charge in [0.1, 0.15) is 5.75 Å². The van der Waals surface area contributed by atoms with Crippen LogP contribution in [0.25, 0.3) is 0 Å². The highest BCUT2D eigenvalue weighted by molar-refractivity contribution is 5.47. The number of ether oxygens (including phenoxy) is 1. The van der Waals surface area contributed by atoms with Gasteiger partial charge in [0.15, 0.2) is 0 Å². The molecule has 1 N–H and O–H groups in total. The van der Waals surface area contributed by atoms with Gasteiger partial charge in [0, 0.05) is 24.6 Å². The Balaban J connectivity index is 1.68. The predicted octanol–water partition coefficient (Wildman–Crippen LogP) is 3.22. The topological polar surface area (TPSA) is 32.7 Å². The lowest BCUT2D eigenvalue weighted by atomic mass is 9.61. The van der Waals surface area contributed by atoms with E-state index in [1.54, 1.807) is 0 Å². The minimum absolute atomic E-state index is 0.0179. The standard InChI is InChI=1S/C19H25NO2/c1-13-18-10-14-5-6-15(21)11-17(14)19(13,2)7-8-20(18)12-16-4-3-9-22-16/h5-8,11,13,16,18,21H,3-4,9-10,12H2,1-2H3/t13-,16-,18+,19+/m0/s1. The normalized spacial score (nSPS) is 36.5. The van der Waals surface area contributed by atoms with Crippen molar-refractivity contribution in [3.63, 3.8) is 0 Å². The molecule has 3 nitrogen and oxygen atoms in total. The van der Waals surface area contributed by atoms with Crippen LogP contribution in [0.5, 0.6) is 5.75 Å². The largest absolute Gasteiger partial charge is 0.508 e. The number of hydrogen-bond donors (Lipinski definition) is 1. The quantitative estimate of drug-likeness (QED) is 0.910. The fourth-order valence-electron chi connectivity index (χ4n) is 4.52. The number of hydrogen-bond acceptors (Lipinski definition) is 3. The van der Waals surface area contributed by atoms with Gasteiger partial charge in [-0.05, 0) is 54.6 Å². The molecule has 4 rings (SSSR count). The van der Waals surface area contributed by atoms with Gasteiger partial charge in [-0.15, -0.1) is 0 Å². The maximum Gasteiger partial charge on any atom is 0.115 e. The van der Waals surface area contributed by atoms with E-state index in [2.05, 4.69) is 37.1 Å². The second kappa shape index (κ2) is 5.02. The summed E-state index contributed by atoms with van der Waals surface area (Å²) in [7, 11) is 0. The molecule has 1 aromatic rings. The Bertz CT molecular complexity index is 605. The molecule has 0 saturated carbocycles. The third-order valence-electron chi connectivity index (χ3n) is 6.10. The average Bonchev–Trinajstić information content (AvgIpc) is 3.00. The molecule has 0 aromatic heterocycles. The van der Waals surface area contributed by atoms with Crippen molar-refractivity contribution in [1.82, 2.24) is 4.90 Å². The van der Waals surface area contributed by atoms with Gasteiger partial charge in [-0.25, -0.2) is 0 Å². The van der Waals surface area contributed by atoms with E-state index < -0.39 is 0 Å². The summed E-state index contributed by atoms with van der Waals surface area (Å²) in [5.74, 6) is 0.911. The molecule has 3 heteroatoms. The van der Waals surface area contributed by atoms with E-state index in [0.29, 0.717) is 23.8 Å². The molecular weight excluding hydrogens is 274 g/mol. The van der Waals surface area contributed by atoms with Crippen LogP contribution >= 0.6 is 0 Å². The van der Waals surface area contributed by atoms with Crippen molar-refractivity contribution < 1.29 is 9.84 Å². The number of benzene rings is 1. The van der Waals surface area contributed by atoms with Crippen LogP contribution in [0, 0.1) is 5.92 Å². The van der Waals surface area contributed by atoms with Gasteiger partial charge in [-0.1, -0.05) is 26.0 Å². The van der Waals surface area contributed by atoms with Crippen LogP contribution in [0.1, 0.15) is 37.8 Å². The molecule has 1 aromatic carbocycles. The van der Waals surface area contributed by atoms with Gasteiger partial charge in [0.25, 0.3) is 0 Å². The van der Waals surface area contributed by atoms with Crippen LogP contribution in [0.2, 0.25) is 0 Å². The van der Waals surface area contributed by atoms with E-state index in [-0.39, 0.29) is 5.41 Å². The molecule has 118 valence electrons. The maximum absolute atomic E-state index is 9.88. The minimum atomic E-state index is 0.0179. The molecule has 0 radical (unpaired) electrons. The molecule has 0 unspecified atom stereocenters. The number of phenolic OH excluding ortho intramolecular Hbond substituents is 1. The molecule has 1 aliphatic carbocycles. The summed E-state index contributed by atoms with van der Waals surface area (Å²) in [6.45, 7) is 6.59. The van der Waals surface area contributed by atoms with Crippen LogP contribution < -0.4 is 0 Å². The Morgan fingerprint density at radius 1 is 1.41 bits per heavy atom. The molecule has 4 atom stereocenters. The van der Waals surface area contributed by atoms with E-state index in [0.717, 1.165) is 19.6 Å². The minimum Gasteiger partial charge on any atom is -0.508 e.